The number of carbonyl (C=O) groups is 1. The molecule has 2 heterocycles. The third kappa shape index (κ3) is 6.70. The summed E-state index contributed by atoms with van der Waals surface area (Å²) in [7, 11) is 0. The van der Waals surface area contributed by atoms with E-state index >= 15 is 0 Å². The first-order valence-electron chi connectivity index (χ1n) is 9.40. The Kier molecular flexibility index (Phi) is 12.3. The van der Waals surface area contributed by atoms with Crippen molar-refractivity contribution in [1.82, 2.24) is 15.5 Å². The Labute approximate surface area is 160 Å². The zero-order valence-electron chi connectivity index (χ0n) is 15.6. The second-order valence-corrected chi connectivity index (χ2v) is 7.21. The van der Waals surface area contributed by atoms with E-state index in [2.05, 4.69) is 36.3 Å². The van der Waals surface area contributed by atoms with Gasteiger partial charge in [-0.2, -0.15) is 0 Å². The molecule has 0 aliphatic carbocycles. The molecule has 6 heteroatoms. The molecular formula is C18H37Cl2N3O. The average molecular weight is 382 g/mol. The minimum atomic E-state index is 0. The molecule has 2 aliphatic rings. The zero-order chi connectivity index (χ0) is 15.9. The molecule has 2 aliphatic heterocycles. The Morgan fingerprint density at radius 3 is 2.38 bits per heavy atom. The van der Waals surface area contributed by atoms with Gasteiger partial charge in [0.1, 0.15) is 0 Å². The van der Waals surface area contributed by atoms with Crippen molar-refractivity contribution in [1.29, 1.82) is 0 Å². The first-order valence-corrected chi connectivity index (χ1v) is 9.40. The molecule has 24 heavy (non-hydrogen) atoms. The topological polar surface area (TPSA) is 44.4 Å². The van der Waals surface area contributed by atoms with Crippen LogP contribution in [0.4, 0.5) is 0 Å². The fourth-order valence-corrected chi connectivity index (χ4v) is 4.22. The fourth-order valence-electron chi connectivity index (χ4n) is 4.22. The highest BCUT2D eigenvalue weighted by Crippen LogP contribution is 2.23. The molecular weight excluding hydrogens is 345 g/mol. The van der Waals surface area contributed by atoms with Crippen LogP contribution in [0.25, 0.3) is 0 Å². The lowest BCUT2D eigenvalue weighted by Gasteiger charge is -2.35. The molecule has 144 valence electrons. The minimum Gasteiger partial charge on any atom is -0.354 e. The van der Waals surface area contributed by atoms with Gasteiger partial charge in [-0.1, -0.05) is 26.7 Å². The number of rotatable bonds is 7. The summed E-state index contributed by atoms with van der Waals surface area (Å²) in [6.45, 7) is 11.0. The average Bonchev–Trinajstić information content (AvgIpc) is 3.05. The van der Waals surface area contributed by atoms with Crippen molar-refractivity contribution in [3.05, 3.63) is 0 Å². The van der Waals surface area contributed by atoms with E-state index in [1.807, 2.05) is 0 Å². The van der Waals surface area contributed by atoms with Crippen molar-refractivity contribution >= 4 is 30.7 Å². The third-order valence-corrected chi connectivity index (χ3v) is 5.68. The van der Waals surface area contributed by atoms with Gasteiger partial charge in [-0.15, -0.1) is 24.8 Å². The van der Waals surface area contributed by atoms with Gasteiger partial charge in [-0.25, -0.2) is 0 Å². The number of likely N-dealkylation sites (tertiary alicyclic amines) is 1. The Morgan fingerprint density at radius 1 is 1.21 bits per heavy atom. The summed E-state index contributed by atoms with van der Waals surface area (Å²) in [5, 5.41) is 6.72. The number of hydrogen-bond acceptors (Lipinski definition) is 3. The highest BCUT2D eigenvalue weighted by molar-refractivity contribution is 5.85. The van der Waals surface area contributed by atoms with E-state index in [1.165, 1.54) is 38.8 Å². The van der Waals surface area contributed by atoms with Crippen LogP contribution >= 0.6 is 24.8 Å². The molecule has 0 aromatic heterocycles. The molecule has 0 spiro atoms. The van der Waals surface area contributed by atoms with Gasteiger partial charge >= 0.3 is 0 Å². The predicted molar refractivity (Wildman–Crippen MR) is 106 cm³/mol. The largest absolute Gasteiger partial charge is 0.354 e. The maximum absolute atomic E-state index is 12.5. The first-order chi connectivity index (χ1) is 10.7. The van der Waals surface area contributed by atoms with Crippen LogP contribution in [0.15, 0.2) is 0 Å². The number of amides is 1. The standard InChI is InChI=1S/C18H35N3O.2ClH/c1-4-15(5-2)17(21-10-6-7-11-21)13-20-18(22)16-8-9-19-14(3)12-16;;/h14-17,19H,4-13H2,1-3H3,(H,20,22);2*1H/t14-,16-,17?;;/m0../s1. The van der Waals surface area contributed by atoms with Gasteiger partial charge in [0.15, 0.2) is 0 Å². The van der Waals surface area contributed by atoms with E-state index < -0.39 is 0 Å². The van der Waals surface area contributed by atoms with Gasteiger partial charge in [0.2, 0.25) is 5.91 Å². The molecule has 0 aromatic carbocycles. The Balaban J connectivity index is 0.00000264. The quantitative estimate of drug-likeness (QED) is 0.711. The molecule has 0 saturated carbocycles. The van der Waals surface area contributed by atoms with Crippen LogP contribution in [0.1, 0.15) is 59.3 Å². The van der Waals surface area contributed by atoms with Crippen molar-refractivity contribution in [2.45, 2.75) is 71.4 Å². The van der Waals surface area contributed by atoms with Crippen LogP contribution in [-0.4, -0.2) is 49.1 Å². The number of nitrogens with zero attached hydrogens (tertiary/aromatic N) is 1. The lowest BCUT2D eigenvalue weighted by Crippen LogP contribution is -2.49. The van der Waals surface area contributed by atoms with Crippen LogP contribution in [0.5, 0.6) is 0 Å². The number of hydrogen-bond donors (Lipinski definition) is 2. The molecule has 2 saturated heterocycles. The van der Waals surface area contributed by atoms with E-state index in [9.17, 15) is 4.79 Å². The van der Waals surface area contributed by atoms with E-state index in [0.717, 1.165) is 25.9 Å². The summed E-state index contributed by atoms with van der Waals surface area (Å²) in [5.74, 6) is 1.19. The van der Waals surface area contributed by atoms with Gasteiger partial charge < -0.3 is 10.6 Å². The summed E-state index contributed by atoms with van der Waals surface area (Å²) in [5.41, 5.74) is 0. The smallest absolute Gasteiger partial charge is 0.223 e. The van der Waals surface area contributed by atoms with Crippen LogP contribution < -0.4 is 10.6 Å². The van der Waals surface area contributed by atoms with Crippen LogP contribution in [-0.2, 0) is 4.79 Å². The highest BCUT2D eigenvalue weighted by Gasteiger charge is 2.30. The number of piperidine rings is 1. The summed E-state index contributed by atoms with van der Waals surface area (Å²) in [4.78, 5) is 15.1. The second kappa shape index (κ2) is 12.3. The summed E-state index contributed by atoms with van der Waals surface area (Å²) >= 11 is 0. The summed E-state index contributed by atoms with van der Waals surface area (Å²) in [6, 6.07) is 0.999. The molecule has 2 fully saturated rings. The van der Waals surface area contributed by atoms with Crippen molar-refractivity contribution in [3.63, 3.8) is 0 Å². The van der Waals surface area contributed by atoms with E-state index in [-0.39, 0.29) is 36.6 Å². The van der Waals surface area contributed by atoms with Gasteiger partial charge in [-0.05, 0) is 58.2 Å². The Morgan fingerprint density at radius 2 is 1.83 bits per heavy atom. The van der Waals surface area contributed by atoms with Crippen molar-refractivity contribution < 1.29 is 4.79 Å². The first kappa shape index (κ1) is 24.0. The van der Waals surface area contributed by atoms with Crippen molar-refractivity contribution in [3.8, 4) is 0 Å². The summed E-state index contributed by atoms with van der Waals surface area (Å²) < 4.78 is 0. The molecule has 2 rings (SSSR count). The van der Waals surface area contributed by atoms with E-state index in [4.69, 9.17) is 0 Å². The predicted octanol–water partition coefficient (Wildman–Crippen LogP) is 3.23. The molecule has 3 atom stereocenters. The minimum absolute atomic E-state index is 0. The molecule has 0 radical (unpaired) electrons. The maximum Gasteiger partial charge on any atom is 0.223 e. The SMILES string of the molecule is CCC(CC)C(CNC(=O)[C@H]1CCN[C@@H](C)C1)N1CCCC1.Cl.Cl. The lowest BCUT2D eigenvalue weighted by atomic mass is 9.91. The highest BCUT2D eigenvalue weighted by atomic mass is 35.5. The van der Waals surface area contributed by atoms with Crippen molar-refractivity contribution in [2.75, 3.05) is 26.2 Å². The molecule has 1 amide bonds. The number of nitrogens with one attached hydrogen (secondary N) is 2. The maximum atomic E-state index is 12.5. The molecule has 0 aromatic rings. The van der Waals surface area contributed by atoms with Gasteiger partial charge in [0, 0.05) is 24.5 Å². The monoisotopic (exact) mass is 381 g/mol. The molecule has 0 bridgehead atoms. The zero-order valence-corrected chi connectivity index (χ0v) is 17.2. The normalized spacial score (nSPS) is 25.7. The van der Waals surface area contributed by atoms with Crippen LogP contribution in [0.3, 0.4) is 0 Å². The van der Waals surface area contributed by atoms with E-state index in [1.54, 1.807) is 0 Å². The molecule has 1 unspecified atom stereocenters. The van der Waals surface area contributed by atoms with Crippen molar-refractivity contribution in [2.24, 2.45) is 11.8 Å². The van der Waals surface area contributed by atoms with Gasteiger partial charge in [0.25, 0.3) is 0 Å². The van der Waals surface area contributed by atoms with E-state index in [0.29, 0.717) is 18.0 Å². The van der Waals surface area contributed by atoms with Gasteiger partial charge in [0.05, 0.1) is 0 Å². The molecule has 2 N–H and O–H groups in total. The second-order valence-electron chi connectivity index (χ2n) is 7.21. The van der Waals surface area contributed by atoms with Gasteiger partial charge in [-0.3, -0.25) is 9.69 Å². The third-order valence-electron chi connectivity index (χ3n) is 5.68. The number of halogens is 2. The van der Waals surface area contributed by atoms with Crippen LogP contribution in [0, 0.1) is 11.8 Å². The molecule has 4 nitrogen and oxygen atoms in total. The Hall–Kier alpha value is -0.0300. The number of carbonyl (C=O) groups excluding carboxylic acids is 1. The lowest BCUT2D eigenvalue weighted by molar-refractivity contribution is -0.126. The van der Waals surface area contributed by atoms with Crippen LogP contribution in [0.2, 0.25) is 0 Å². The fraction of sp³-hybridized carbons (Fsp3) is 0.944. The summed E-state index contributed by atoms with van der Waals surface area (Å²) in [6.07, 6.45) is 7.00. The Bertz CT molecular complexity index is 345.